The van der Waals surface area contributed by atoms with Crippen LogP contribution in [0, 0.1) is 5.21 Å². The summed E-state index contributed by atoms with van der Waals surface area (Å²) in [4.78, 5) is 4.01. The van der Waals surface area contributed by atoms with Crippen molar-refractivity contribution in [1.82, 2.24) is 15.3 Å². The molecule has 0 saturated heterocycles. The van der Waals surface area contributed by atoms with E-state index in [1.165, 1.54) is 0 Å². The van der Waals surface area contributed by atoms with Crippen LogP contribution in [0.4, 0.5) is 11.4 Å². The van der Waals surface area contributed by atoms with Gasteiger partial charge in [-0.05, 0) is 46.4 Å². The summed E-state index contributed by atoms with van der Waals surface area (Å²) >= 11 is 5.91. The Morgan fingerprint density at radius 1 is 1.17 bits per heavy atom. The summed E-state index contributed by atoms with van der Waals surface area (Å²) in [7, 11) is 7.82. The molecule has 1 N–H and O–H groups in total. The van der Waals surface area contributed by atoms with Gasteiger partial charge in [0.15, 0.2) is 6.29 Å². The van der Waals surface area contributed by atoms with Crippen molar-refractivity contribution < 1.29 is 0 Å². The first-order valence-corrected chi connectivity index (χ1v) is 5.95. The van der Waals surface area contributed by atoms with Gasteiger partial charge in [-0.25, -0.2) is 0 Å². The SMILES string of the molecule is CN(C)C(N(C)C)N1NN([O-])c2cc(Cl)ccc21. The predicted molar refractivity (Wildman–Crippen MR) is 74.1 cm³/mol. The van der Waals surface area contributed by atoms with E-state index >= 15 is 0 Å². The van der Waals surface area contributed by atoms with Crippen molar-refractivity contribution >= 4 is 23.0 Å². The van der Waals surface area contributed by atoms with Crippen molar-refractivity contribution in [3.8, 4) is 0 Å². The molecule has 2 rings (SSSR count). The lowest BCUT2D eigenvalue weighted by Gasteiger charge is -2.39. The molecule has 1 aliphatic heterocycles. The van der Waals surface area contributed by atoms with E-state index in [1.54, 1.807) is 17.1 Å². The highest BCUT2D eigenvalue weighted by molar-refractivity contribution is 6.31. The lowest BCUT2D eigenvalue weighted by atomic mass is 10.2. The number of benzene rings is 1. The minimum atomic E-state index is -0.0797. The summed E-state index contributed by atoms with van der Waals surface area (Å²) in [6.45, 7) is 0. The van der Waals surface area contributed by atoms with Crippen LogP contribution >= 0.6 is 11.6 Å². The van der Waals surface area contributed by atoms with Gasteiger partial charge in [-0.15, -0.1) is 0 Å². The summed E-state index contributed by atoms with van der Waals surface area (Å²) in [6.07, 6.45) is -0.0797. The average molecular weight is 271 g/mol. The zero-order chi connectivity index (χ0) is 13.4. The van der Waals surface area contributed by atoms with Crippen LogP contribution in [-0.2, 0) is 0 Å². The van der Waals surface area contributed by atoms with Gasteiger partial charge in [0.05, 0.1) is 11.4 Å². The average Bonchev–Trinajstić information content (AvgIpc) is 2.55. The van der Waals surface area contributed by atoms with Crippen molar-refractivity contribution in [1.29, 1.82) is 0 Å². The third kappa shape index (κ3) is 2.25. The first-order valence-electron chi connectivity index (χ1n) is 5.57. The van der Waals surface area contributed by atoms with Crippen LogP contribution in [-0.4, -0.2) is 44.3 Å². The van der Waals surface area contributed by atoms with Crippen molar-refractivity contribution in [3.05, 3.63) is 28.4 Å². The lowest BCUT2D eigenvalue weighted by Crippen LogP contribution is -2.59. The number of halogens is 1. The van der Waals surface area contributed by atoms with Crippen LogP contribution in [0.3, 0.4) is 0 Å². The van der Waals surface area contributed by atoms with Crippen LogP contribution < -0.4 is 15.7 Å². The minimum Gasteiger partial charge on any atom is -0.742 e. The molecule has 1 aromatic rings. The van der Waals surface area contributed by atoms with Gasteiger partial charge in [0.1, 0.15) is 0 Å². The molecule has 0 aliphatic carbocycles. The molecule has 0 radical (unpaired) electrons. The Hall–Kier alpha value is -1.05. The number of anilines is 2. The second-order valence-corrected chi connectivity index (χ2v) is 5.11. The number of hydrogen-bond donors (Lipinski definition) is 1. The normalized spacial score (nSPS) is 15.2. The maximum absolute atomic E-state index is 11.8. The number of hydrazine groups is 2. The number of nitrogens with one attached hydrogen (secondary N) is 1. The predicted octanol–water partition coefficient (Wildman–Crippen LogP) is 1.29. The highest BCUT2D eigenvalue weighted by Gasteiger charge is 2.30. The second-order valence-electron chi connectivity index (χ2n) is 4.67. The fraction of sp³-hybridized carbons (Fsp3) is 0.455. The summed E-state index contributed by atoms with van der Waals surface area (Å²) in [6, 6.07) is 5.26. The molecule has 0 spiro atoms. The third-order valence-electron chi connectivity index (χ3n) is 2.77. The Labute approximate surface area is 112 Å². The van der Waals surface area contributed by atoms with Gasteiger partial charge < -0.3 is 10.4 Å². The van der Waals surface area contributed by atoms with E-state index in [4.69, 9.17) is 11.6 Å². The number of fused-ring (bicyclic) bond motifs is 1. The first-order chi connectivity index (χ1) is 8.41. The Kier molecular flexibility index (Phi) is 3.65. The van der Waals surface area contributed by atoms with Gasteiger partial charge in [0.25, 0.3) is 0 Å². The van der Waals surface area contributed by atoms with E-state index in [2.05, 4.69) is 5.53 Å². The van der Waals surface area contributed by atoms with Crippen molar-refractivity contribution in [2.24, 2.45) is 0 Å². The van der Waals surface area contributed by atoms with E-state index in [1.807, 2.05) is 44.1 Å². The molecule has 0 saturated carbocycles. The van der Waals surface area contributed by atoms with Crippen molar-refractivity contribution in [3.63, 3.8) is 0 Å². The molecule has 0 bridgehead atoms. The zero-order valence-corrected chi connectivity index (χ0v) is 11.6. The van der Waals surface area contributed by atoms with Crippen molar-refractivity contribution in [2.45, 2.75) is 6.29 Å². The number of rotatable bonds is 3. The molecule has 0 aromatic heterocycles. The number of hydrogen-bond acceptors (Lipinski definition) is 6. The lowest BCUT2D eigenvalue weighted by molar-refractivity contribution is 0.116. The van der Waals surface area contributed by atoms with E-state index < -0.39 is 0 Å². The standard InChI is InChI=1S/C11H17ClN5O/c1-14(2)11(15(3)4)16-9-6-5-8(12)7-10(9)17(18)13-16/h5-7,11,13H,1-4H3/q-1. The van der Waals surface area contributed by atoms with Crippen LogP contribution in [0.15, 0.2) is 18.2 Å². The largest absolute Gasteiger partial charge is 0.742 e. The van der Waals surface area contributed by atoms with Gasteiger partial charge in [-0.2, -0.15) is 5.53 Å². The highest BCUT2D eigenvalue weighted by atomic mass is 35.5. The Bertz CT molecular complexity index is 431. The molecule has 1 heterocycles. The van der Waals surface area contributed by atoms with Crippen LogP contribution in [0.1, 0.15) is 0 Å². The highest BCUT2D eigenvalue weighted by Crippen LogP contribution is 2.36. The van der Waals surface area contributed by atoms with Gasteiger partial charge in [0.2, 0.25) is 0 Å². The van der Waals surface area contributed by atoms with E-state index in [-0.39, 0.29) is 6.29 Å². The van der Waals surface area contributed by atoms with Gasteiger partial charge in [0, 0.05) is 5.02 Å². The summed E-state index contributed by atoms with van der Waals surface area (Å²) in [5, 5.41) is 14.9. The molecule has 0 fully saturated rings. The molecule has 0 unspecified atom stereocenters. The monoisotopic (exact) mass is 270 g/mol. The summed E-state index contributed by atoms with van der Waals surface area (Å²) in [5.41, 5.74) is 4.11. The molecule has 7 heteroatoms. The molecule has 0 atom stereocenters. The summed E-state index contributed by atoms with van der Waals surface area (Å²) < 4.78 is 0. The second kappa shape index (κ2) is 4.91. The molecule has 6 nitrogen and oxygen atoms in total. The minimum absolute atomic E-state index is 0.0797. The molecule has 1 aliphatic rings. The first kappa shape index (κ1) is 13.4. The fourth-order valence-corrected chi connectivity index (χ4v) is 2.33. The van der Waals surface area contributed by atoms with Crippen LogP contribution in [0.25, 0.3) is 0 Å². The smallest absolute Gasteiger partial charge is 0.155 e. The third-order valence-corrected chi connectivity index (χ3v) is 3.00. The van der Waals surface area contributed by atoms with E-state index in [9.17, 15) is 5.21 Å². The maximum atomic E-state index is 11.8. The van der Waals surface area contributed by atoms with Crippen molar-refractivity contribution in [2.75, 3.05) is 38.4 Å². The van der Waals surface area contributed by atoms with E-state index in [0.717, 1.165) is 10.9 Å². The molecule has 100 valence electrons. The number of nitrogens with zero attached hydrogens (tertiary/aromatic N) is 4. The molecular formula is C11H17ClN5O-. The zero-order valence-electron chi connectivity index (χ0n) is 10.9. The van der Waals surface area contributed by atoms with Gasteiger partial charge >= 0.3 is 0 Å². The fourth-order valence-electron chi connectivity index (χ4n) is 2.17. The molecule has 1 aromatic carbocycles. The molecule has 0 amide bonds. The maximum Gasteiger partial charge on any atom is 0.155 e. The van der Waals surface area contributed by atoms with Crippen LogP contribution in [0.2, 0.25) is 5.02 Å². The summed E-state index contributed by atoms with van der Waals surface area (Å²) in [5.74, 6) is 0. The quantitative estimate of drug-likeness (QED) is 0.836. The van der Waals surface area contributed by atoms with Crippen LogP contribution in [0.5, 0.6) is 0 Å². The van der Waals surface area contributed by atoms with E-state index in [0.29, 0.717) is 10.7 Å². The molecular weight excluding hydrogens is 254 g/mol. The Balaban J connectivity index is 2.39. The Morgan fingerprint density at radius 2 is 1.78 bits per heavy atom. The topological polar surface area (TPSA) is 48.0 Å². The van der Waals surface area contributed by atoms with Gasteiger partial charge in [-0.3, -0.25) is 14.8 Å². The Morgan fingerprint density at radius 3 is 2.33 bits per heavy atom. The molecule has 18 heavy (non-hydrogen) atoms. The van der Waals surface area contributed by atoms with Gasteiger partial charge in [-0.1, -0.05) is 11.6 Å².